The summed E-state index contributed by atoms with van der Waals surface area (Å²) in [6.07, 6.45) is 2.37. The number of rotatable bonds is 5. The van der Waals surface area contributed by atoms with Crippen LogP contribution in [0, 0.1) is 13.8 Å². The second kappa shape index (κ2) is 9.13. The van der Waals surface area contributed by atoms with E-state index in [0.717, 1.165) is 59.1 Å². The predicted molar refractivity (Wildman–Crippen MR) is 134 cm³/mol. The summed E-state index contributed by atoms with van der Waals surface area (Å²) in [5.41, 5.74) is 6.13. The first kappa shape index (κ1) is 21.9. The van der Waals surface area contributed by atoms with Gasteiger partial charge in [-0.25, -0.2) is 4.98 Å². The second-order valence-electron chi connectivity index (χ2n) is 8.67. The number of nitrogens with one attached hydrogen (secondary N) is 1. The number of hydrogen-bond acceptors (Lipinski definition) is 6. The molecule has 0 bridgehead atoms. The van der Waals surface area contributed by atoms with Crippen molar-refractivity contribution >= 4 is 28.9 Å². The summed E-state index contributed by atoms with van der Waals surface area (Å²) in [5, 5.41) is 7.86. The number of hydrogen-bond donors (Lipinski definition) is 1. The third-order valence-corrected chi connectivity index (χ3v) is 6.45. The Morgan fingerprint density at radius 1 is 0.971 bits per heavy atom. The smallest absolute Gasteiger partial charge is 0.254 e. The van der Waals surface area contributed by atoms with Crippen LogP contribution in [0.3, 0.4) is 0 Å². The molecule has 174 valence electrons. The monoisotopic (exact) mass is 455 g/mol. The van der Waals surface area contributed by atoms with Gasteiger partial charge in [-0.15, -0.1) is 0 Å². The summed E-state index contributed by atoms with van der Waals surface area (Å²) in [5.74, 6) is 1.60. The van der Waals surface area contributed by atoms with E-state index < -0.39 is 0 Å². The maximum Gasteiger partial charge on any atom is 0.254 e. The van der Waals surface area contributed by atoms with Crippen LogP contribution in [0.25, 0.3) is 5.78 Å². The Morgan fingerprint density at radius 2 is 1.68 bits per heavy atom. The van der Waals surface area contributed by atoms with Crippen LogP contribution >= 0.6 is 0 Å². The molecule has 0 aliphatic carbocycles. The molecular formula is C26H29N7O. The van der Waals surface area contributed by atoms with E-state index in [4.69, 9.17) is 0 Å². The van der Waals surface area contributed by atoms with E-state index in [0.29, 0.717) is 18.9 Å². The van der Waals surface area contributed by atoms with Crippen molar-refractivity contribution in [3.05, 3.63) is 77.2 Å². The van der Waals surface area contributed by atoms with E-state index >= 15 is 0 Å². The fourth-order valence-electron chi connectivity index (χ4n) is 4.48. The molecule has 1 aliphatic heterocycles. The highest BCUT2D eigenvalue weighted by Crippen LogP contribution is 2.26. The van der Waals surface area contributed by atoms with Gasteiger partial charge in [0.25, 0.3) is 11.7 Å². The number of nitrogens with zero attached hydrogens (tertiary/aromatic N) is 6. The van der Waals surface area contributed by atoms with Crippen LogP contribution in [-0.4, -0.2) is 56.6 Å². The van der Waals surface area contributed by atoms with Crippen molar-refractivity contribution in [2.75, 3.05) is 36.4 Å². The van der Waals surface area contributed by atoms with Gasteiger partial charge in [0.2, 0.25) is 0 Å². The summed E-state index contributed by atoms with van der Waals surface area (Å²) >= 11 is 0. The summed E-state index contributed by atoms with van der Waals surface area (Å²) in [6, 6.07) is 16.2. The highest BCUT2D eigenvalue weighted by molar-refractivity contribution is 5.94. The molecule has 1 aliphatic rings. The molecule has 0 unspecified atom stereocenters. The average molecular weight is 456 g/mol. The molecule has 0 saturated carbocycles. The van der Waals surface area contributed by atoms with Crippen LogP contribution in [0.1, 0.15) is 34.1 Å². The van der Waals surface area contributed by atoms with E-state index in [1.807, 2.05) is 43.0 Å². The Balaban J connectivity index is 1.26. The SMILES string of the molecule is CCc1c(C)nc2ncnn2c1Nc1ccc(N2CCN(C(=O)c3ccc(C)cc3)CC2)cc1. The fourth-order valence-corrected chi connectivity index (χ4v) is 4.48. The number of aromatic nitrogens is 4. The molecule has 2 aromatic carbocycles. The van der Waals surface area contributed by atoms with E-state index in [1.54, 1.807) is 4.52 Å². The average Bonchev–Trinajstić information content (AvgIpc) is 3.33. The normalized spacial score (nSPS) is 14.0. The van der Waals surface area contributed by atoms with E-state index in [-0.39, 0.29) is 5.91 Å². The lowest BCUT2D eigenvalue weighted by Gasteiger charge is -2.36. The number of aryl methyl sites for hydroxylation is 2. The molecule has 8 nitrogen and oxygen atoms in total. The van der Waals surface area contributed by atoms with Crippen molar-refractivity contribution in [1.29, 1.82) is 0 Å². The maximum absolute atomic E-state index is 12.8. The first-order valence-corrected chi connectivity index (χ1v) is 11.7. The molecule has 0 atom stereocenters. The van der Waals surface area contributed by atoms with Crippen molar-refractivity contribution in [2.24, 2.45) is 0 Å². The van der Waals surface area contributed by atoms with Crippen LogP contribution < -0.4 is 10.2 Å². The van der Waals surface area contributed by atoms with E-state index in [9.17, 15) is 4.79 Å². The molecule has 4 aromatic rings. The van der Waals surface area contributed by atoms with Gasteiger partial charge in [0.15, 0.2) is 0 Å². The van der Waals surface area contributed by atoms with Gasteiger partial charge in [-0.1, -0.05) is 24.6 Å². The lowest BCUT2D eigenvalue weighted by molar-refractivity contribution is 0.0747. The quantitative estimate of drug-likeness (QED) is 0.490. The summed E-state index contributed by atoms with van der Waals surface area (Å²) in [7, 11) is 0. The Hall–Kier alpha value is -3.94. The van der Waals surface area contributed by atoms with Crippen molar-refractivity contribution in [3.8, 4) is 0 Å². The molecule has 1 fully saturated rings. The minimum Gasteiger partial charge on any atom is -0.368 e. The molecule has 3 heterocycles. The Bertz CT molecular complexity index is 1300. The van der Waals surface area contributed by atoms with Crippen LogP contribution in [0.15, 0.2) is 54.9 Å². The largest absolute Gasteiger partial charge is 0.368 e. The van der Waals surface area contributed by atoms with Gasteiger partial charge in [-0.05, 0) is 56.7 Å². The molecule has 2 aromatic heterocycles. The number of anilines is 3. The Morgan fingerprint density at radius 3 is 2.35 bits per heavy atom. The molecule has 8 heteroatoms. The van der Waals surface area contributed by atoms with Gasteiger partial charge in [0.1, 0.15) is 12.1 Å². The van der Waals surface area contributed by atoms with Crippen LogP contribution in [-0.2, 0) is 6.42 Å². The Labute approximate surface area is 199 Å². The first-order valence-electron chi connectivity index (χ1n) is 11.7. The second-order valence-corrected chi connectivity index (χ2v) is 8.67. The van der Waals surface area contributed by atoms with Crippen LogP contribution in [0.5, 0.6) is 0 Å². The van der Waals surface area contributed by atoms with Crippen LogP contribution in [0.2, 0.25) is 0 Å². The molecule has 5 rings (SSSR count). The molecule has 0 spiro atoms. The standard InChI is InChI=1S/C26H29N7O/c1-4-23-19(3)29-26-27-17-28-33(26)24(23)30-21-9-11-22(12-10-21)31-13-15-32(16-14-31)25(34)20-7-5-18(2)6-8-20/h5-12,17,30H,4,13-16H2,1-3H3. The van der Waals surface area contributed by atoms with Gasteiger partial charge < -0.3 is 15.1 Å². The van der Waals surface area contributed by atoms with Crippen molar-refractivity contribution in [1.82, 2.24) is 24.5 Å². The van der Waals surface area contributed by atoms with Crippen molar-refractivity contribution in [3.63, 3.8) is 0 Å². The number of carbonyl (C=O) groups excluding carboxylic acids is 1. The lowest BCUT2D eigenvalue weighted by Crippen LogP contribution is -2.48. The summed E-state index contributed by atoms with van der Waals surface area (Å²) in [6.45, 7) is 9.21. The molecule has 1 saturated heterocycles. The zero-order chi connectivity index (χ0) is 23.7. The van der Waals surface area contributed by atoms with Gasteiger partial charge >= 0.3 is 0 Å². The van der Waals surface area contributed by atoms with Gasteiger partial charge in [0.05, 0.1) is 0 Å². The predicted octanol–water partition coefficient (Wildman–Crippen LogP) is 4.01. The molecular weight excluding hydrogens is 426 g/mol. The topological polar surface area (TPSA) is 78.7 Å². The maximum atomic E-state index is 12.8. The van der Waals surface area contributed by atoms with Crippen molar-refractivity contribution < 1.29 is 4.79 Å². The van der Waals surface area contributed by atoms with Gasteiger partial charge in [0, 0.05) is 54.4 Å². The molecule has 0 radical (unpaired) electrons. The lowest BCUT2D eigenvalue weighted by atomic mass is 10.1. The third kappa shape index (κ3) is 4.19. The number of amides is 1. The highest BCUT2D eigenvalue weighted by Gasteiger charge is 2.22. The molecule has 34 heavy (non-hydrogen) atoms. The Kier molecular flexibility index (Phi) is 5.88. The number of piperazine rings is 1. The van der Waals surface area contributed by atoms with Crippen LogP contribution in [0.4, 0.5) is 17.2 Å². The van der Waals surface area contributed by atoms with Crippen molar-refractivity contribution in [2.45, 2.75) is 27.2 Å². The van der Waals surface area contributed by atoms with Gasteiger partial charge in [-0.3, -0.25) is 4.79 Å². The zero-order valence-corrected chi connectivity index (χ0v) is 19.8. The molecule has 1 amide bonds. The zero-order valence-electron chi connectivity index (χ0n) is 19.8. The summed E-state index contributed by atoms with van der Waals surface area (Å²) < 4.78 is 1.75. The fraction of sp³-hybridized carbons (Fsp3) is 0.308. The number of fused-ring (bicyclic) bond motifs is 1. The van der Waals surface area contributed by atoms with Gasteiger partial charge in [-0.2, -0.15) is 14.6 Å². The molecule has 1 N–H and O–H groups in total. The van der Waals surface area contributed by atoms with E-state index in [2.05, 4.69) is 56.5 Å². The highest BCUT2D eigenvalue weighted by atomic mass is 16.2. The number of carbonyl (C=O) groups is 1. The third-order valence-electron chi connectivity index (χ3n) is 6.45. The number of benzene rings is 2. The summed E-state index contributed by atoms with van der Waals surface area (Å²) in [4.78, 5) is 25.9. The van der Waals surface area contributed by atoms with E-state index in [1.165, 1.54) is 6.33 Å². The minimum atomic E-state index is 0.109. The first-order chi connectivity index (χ1) is 16.5. The minimum absolute atomic E-state index is 0.109.